The Morgan fingerprint density at radius 3 is 2.86 bits per heavy atom. The number of amides is 1. The predicted molar refractivity (Wildman–Crippen MR) is 128 cm³/mol. The highest BCUT2D eigenvalue weighted by Gasteiger charge is 2.48. The molecule has 1 aromatic carbocycles. The predicted octanol–water partition coefficient (Wildman–Crippen LogP) is 2.60. The Morgan fingerprint density at radius 1 is 1.17 bits per heavy atom. The number of carbonyl (C=O) groups excluding carboxylic acids is 1. The van der Waals surface area contributed by atoms with E-state index in [-0.39, 0.29) is 18.1 Å². The Balaban J connectivity index is 1.26. The molecule has 0 radical (unpaired) electrons. The lowest BCUT2D eigenvalue weighted by molar-refractivity contribution is -0.144. The fourth-order valence-electron chi connectivity index (χ4n) is 4.49. The largest absolute Gasteiger partial charge is 0.373 e. The maximum atomic E-state index is 12.4. The van der Waals surface area contributed by atoms with Crippen molar-refractivity contribution in [1.82, 2.24) is 29.8 Å². The number of anilines is 3. The van der Waals surface area contributed by atoms with Crippen LogP contribution in [0.3, 0.4) is 0 Å². The van der Waals surface area contributed by atoms with E-state index in [2.05, 4.69) is 30.9 Å². The summed E-state index contributed by atoms with van der Waals surface area (Å²) in [7, 11) is 1.66. The van der Waals surface area contributed by atoms with E-state index in [1.54, 1.807) is 25.5 Å². The summed E-state index contributed by atoms with van der Waals surface area (Å²) in [6, 6.07) is 11.1. The van der Waals surface area contributed by atoms with E-state index in [4.69, 9.17) is 4.52 Å². The Bertz CT molecular complexity index is 1410. The molecule has 3 aromatic heterocycles. The van der Waals surface area contributed by atoms with E-state index in [0.717, 1.165) is 47.8 Å². The minimum atomic E-state index is -1.67. The number of likely N-dealkylation sites (N-methyl/N-ethyl adjacent to an activating group) is 1. The zero-order valence-electron chi connectivity index (χ0n) is 19.1. The number of carbonyl (C=O) groups is 1. The maximum absolute atomic E-state index is 12.4. The zero-order chi connectivity index (χ0) is 24.0. The summed E-state index contributed by atoms with van der Waals surface area (Å²) in [5.41, 5.74) is 2.06. The normalized spacial score (nSPS) is 19.5. The van der Waals surface area contributed by atoms with Gasteiger partial charge >= 0.3 is 0 Å². The molecule has 1 atom stereocenters. The topological polar surface area (TPSA) is 134 Å². The van der Waals surface area contributed by atoms with Crippen molar-refractivity contribution in [3.63, 3.8) is 0 Å². The van der Waals surface area contributed by atoms with Gasteiger partial charge in [0, 0.05) is 56.5 Å². The van der Waals surface area contributed by atoms with Crippen LogP contribution in [-0.4, -0.2) is 61.0 Å². The molecular formula is C24H24N8O3. The minimum absolute atomic E-state index is 0.152. The van der Waals surface area contributed by atoms with Gasteiger partial charge in [-0.15, -0.1) is 0 Å². The van der Waals surface area contributed by atoms with Gasteiger partial charge in [-0.2, -0.15) is 5.10 Å². The van der Waals surface area contributed by atoms with Gasteiger partial charge in [0.2, 0.25) is 11.5 Å². The van der Waals surface area contributed by atoms with Crippen LogP contribution in [0.5, 0.6) is 0 Å². The first-order valence-corrected chi connectivity index (χ1v) is 11.5. The molecule has 1 fully saturated rings. The van der Waals surface area contributed by atoms with Crippen molar-refractivity contribution in [1.29, 1.82) is 0 Å². The third kappa shape index (κ3) is 3.69. The van der Waals surface area contributed by atoms with Crippen LogP contribution >= 0.6 is 0 Å². The Hall–Kier alpha value is -4.25. The Morgan fingerprint density at radius 2 is 2.03 bits per heavy atom. The van der Waals surface area contributed by atoms with Crippen molar-refractivity contribution < 1.29 is 14.4 Å². The summed E-state index contributed by atoms with van der Waals surface area (Å²) < 4.78 is 7.33. The number of aliphatic hydroxyl groups is 1. The average Bonchev–Trinajstić information content (AvgIpc) is 3.61. The molecule has 3 N–H and O–H groups in total. The monoisotopic (exact) mass is 472 g/mol. The van der Waals surface area contributed by atoms with Gasteiger partial charge in [0.25, 0.3) is 5.91 Å². The van der Waals surface area contributed by atoms with Crippen LogP contribution in [0.25, 0.3) is 22.5 Å². The van der Waals surface area contributed by atoms with Gasteiger partial charge in [-0.3, -0.25) is 4.79 Å². The van der Waals surface area contributed by atoms with Crippen molar-refractivity contribution in [2.45, 2.75) is 25.0 Å². The van der Waals surface area contributed by atoms with E-state index in [9.17, 15) is 9.90 Å². The van der Waals surface area contributed by atoms with Crippen LogP contribution in [0.4, 0.5) is 17.5 Å². The molecular weight excluding hydrogens is 448 g/mol. The van der Waals surface area contributed by atoms with Crippen molar-refractivity contribution in [2.24, 2.45) is 0 Å². The molecule has 11 nitrogen and oxygen atoms in total. The number of rotatable bonds is 5. The average molecular weight is 473 g/mol. The molecule has 0 spiro atoms. The highest BCUT2D eigenvalue weighted by molar-refractivity contribution is 5.87. The number of nitrogens with one attached hydrogen (secondary N) is 2. The van der Waals surface area contributed by atoms with Gasteiger partial charge in [0.15, 0.2) is 5.76 Å². The first-order valence-electron chi connectivity index (χ1n) is 11.5. The number of likely N-dealkylation sites (tertiary alicyclic amines) is 1. The molecule has 2 aliphatic rings. The Kier molecular flexibility index (Phi) is 4.99. The summed E-state index contributed by atoms with van der Waals surface area (Å²) in [6.07, 6.45) is 4.78. The molecule has 1 saturated heterocycles. The summed E-state index contributed by atoms with van der Waals surface area (Å²) in [6.45, 7) is 2.24. The van der Waals surface area contributed by atoms with Crippen molar-refractivity contribution in [3.8, 4) is 22.5 Å². The Labute approximate surface area is 200 Å². The SMILES string of the molecule is CN1CCC(O)(c2cc(-c3cccc(-c4ccnc(Nc5cnn6c5NCCC6)n4)c3)no2)C1=O. The molecule has 178 valence electrons. The molecule has 1 amide bonds. The lowest BCUT2D eigenvalue weighted by atomic mass is 9.98. The zero-order valence-corrected chi connectivity index (χ0v) is 19.1. The van der Waals surface area contributed by atoms with Gasteiger partial charge < -0.3 is 25.2 Å². The first-order chi connectivity index (χ1) is 17.0. The smallest absolute Gasteiger partial charge is 0.262 e. The van der Waals surface area contributed by atoms with E-state index >= 15 is 0 Å². The fraction of sp³-hybridized carbons (Fsp3) is 0.292. The van der Waals surface area contributed by atoms with Crippen LogP contribution in [0, 0.1) is 0 Å². The van der Waals surface area contributed by atoms with Crippen LogP contribution < -0.4 is 10.6 Å². The van der Waals surface area contributed by atoms with Crippen LogP contribution in [0.15, 0.2) is 53.3 Å². The number of aryl methyl sites for hydroxylation is 1. The lowest BCUT2D eigenvalue weighted by Crippen LogP contribution is -2.35. The number of hydrogen-bond acceptors (Lipinski definition) is 9. The third-order valence-corrected chi connectivity index (χ3v) is 6.46. The van der Waals surface area contributed by atoms with Crippen LogP contribution in [0.2, 0.25) is 0 Å². The lowest BCUT2D eigenvalue weighted by Gasteiger charge is -2.17. The van der Waals surface area contributed by atoms with Crippen molar-refractivity contribution >= 4 is 23.4 Å². The first kappa shape index (κ1) is 21.3. The molecule has 5 heterocycles. The van der Waals surface area contributed by atoms with Crippen molar-refractivity contribution in [2.75, 3.05) is 30.8 Å². The molecule has 0 aliphatic carbocycles. The van der Waals surface area contributed by atoms with Gasteiger partial charge in [0.05, 0.1) is 11.9 Å². The van der Waals surface area contributed by atoms with Gasteiger partial charge in [-0.05, 0) is 18.6 Å². The summed E-state index contributed by atoms with van der Waals surface area (Å²) in [4.78, 5) is 22.9. The maximum Gasteiger partial charge on any atom is 0.262 e. The second kappa shape index (κ2) is 8.20. The van der Waals surface area contributed by atoms with Gasteiger partial charge in [-0.1, -0.05) is 23.4 Å². The molecule has 1 unspecified atom stereocenters. The highest BCUT2D eigenvalue weighted by Crippen LogP contribution is 2.35. The summed E-state index contributed by atoms with van der Waals surface area (Å²) in [5, 5.41) is 26.0. The summed E-state index contributed by atoms with van der Waals surface area (Å²) >= 11 is 0. The summed E-state index contributed by atoms with van der Waals surface area (Å²) in [5.74, 6) is 1.16. The molecule has 0 saturated carbocycles. The van der Waals surface area contributed by atoms with Gasteiger partial charge in [-0.25, -0.2) is 14.6 Å². The molecule has 6 rings (SSSR count). The number of fused-ring (bicyclic) bond motifs is 1. The number of aromatic nitrogens is 5. The second-order valence-corrected chi connectivity index (χ2v) is 8.80. The van der Waals surface area contributed by atoms with Crippen LogP contribution in [-0.2, 0) is 16.9 Å². The van der Waals surface area contributed by atoms with E-state index in [1.807, 2.05) is 35.0 Å². The number of nitrogens with zero attached hydrogens (tertiary/aromatic N) is 6. The van der Waals surface area contributed by atoms with E-state index in [0.29, 0.717) is 18.2 Å². The minimum Gasteiger partial charge on any atom is -0.373 e. The molecule has 4 aromatic rings. The molecule has 35 heavy (non-hydrogen) atoms. The van der Waals surface area contributed by atoms with Crippen molar-refractivity contribution in [3.05, 3.63) is 54.6 Å². The standard InChI is InChI=1S/C24H24N8O3/c1-31-11-7-24(34,22(31)33)20-13-18(30-35-20)16-5-2-4-15(12-16)17-6-9-26-23(28-17)29-19-14-27-32-10-3-8-25-21(19)32/h2,4-6,9,12-14,25,34H,3,7-8,10-11H2,1H3,(H,26,28,29). The molecule has 2 aliphatic heterocycles. The van der Waals surface area contributed by atoms with Crippen LogP contribution in [0.1, 0.15) is 18.6 Å². The second-order valence-electron chi connectivity index (χ2n) is 8.80. The number of hydrogen-bond donors (Lipinski definition) is 3. The molecule has 0 bridgehead atoms. The van der Waals surface area contributed by atoms with E-state index < -0.39 is 5.60 Å². The van der Waals surface area contributed by atoms with Gasteiger partial charge in [0.1, 0.15) is 17.2 Å². The fourth-order valence-corrected chi connectivity index (χ4v) is 4.49. The highest BCUT2D eigenvalue weighted by atomic mass is 16.5. The van der Waals surface area contributed by atoms with E-state index in [1.165, 1.54) is 4.90 Å². The third-order valence-electron chi connectivity index (χ3n) is 6.46. The quantitative estimate of drug-likeness (QED) is 0.401. The number of benzene rings is 1. The molecule has 11 heteroatoms.